The van der Waals surface area contributed by atoms with E-state index in [-0.39, 0.29) is 0 Å². The SMILES string of the molecule is O=C(O)CCS(=O)CCC(F)(F)C(F)(F)F. The van der Waals surface area contributed by atoms with E-state index in [1.54, 1.807) is 0 Å². The van der Waals surface area contributed by atoms with Gasteiger partial charge in [0.05, 0.1) is 6.42 Å². The van der Waals surface area contributed by atoms with Gasteiger partial charge in [-0.1, -0.05) is 0 Å². The highest BCUT2D eigenvalue weighted by Crippen LogP contribution is 2.37. The van der Waals surface area contributed by atoms with Crippen molar-refractivity contribution in [3.8, 4) is 0 Å². The standard InChI is InChI=1S/C7H9F5O3S/c8-6(9,7(10,11)12)2-4-16(15)3-1-5(13)14/h1-4H2,(H,13,14). The van der Waals surface area contributed by atoms with Gasteiger partial charge in [-0.3, -0.25) is 9.00 Å². The van der Waals surface area contributed by atoms with E-state index in [2.05, 4.69) is 0 Å². The molecule has 1 atom stereocenters. The lowest BCUT2D eigenvalue weighted by Gasteiger charge is -2.18. The molecule has 16 heavy (non-hydrogen) atoms. The number of hydrogen-bond donors (Lipinski definition) is 1. The highest BCUT2D eigenvalue weighted by molar-refractivity contribution is 7.84. The molecule has 0 fully saturated rings. The van der Waals surface area contributed by atoms with Crippen LogP contribution in [-0.2, 0) is 15.6 Å². The molecule has 0 amide bonds. The molecule has 0 aliphatic rings. The summed E-state index contributed by atoms with van der Waals surface area (Å²) in [7, 11) is -1.98. The summed E-state index contributed by atoms with van der Waals surface area (Å²) in [5.74, 6) is -7.47. The van der Waals surface area contributed by atoms with Crippen LogP contribution in [0.5, 0.6) is 0 Å². The number of carboxylic acid groups (broad SMARTS) is 1. The molecule has 0 saturated carbocycles. The first-order valence-corrected chi connectivity index (χ1v) is 5.56. The predicted molar refractivity (Wildman–Crippen MR) is 45.7 cm³/mol. The fourth-order valence-electron chi connectivity index (χ4n) is 0.687. The summed E-state index contributed by atoms with van der Waals surface area (Å²) in [6.07, 6.45) is -7.78. The Bertz CT molecular complexity index is 276. The first kappa shape index (κ1) is 15.3. The summed E-state index contributed by atoms with van der Waals surface area (Å²) in [4.78, 5) is 10.0. The summed E-state index contributed by atoms with van der Waals surface area (Å²) < 4.78 is 70.5. The highest BCUT2D eigenvalue weighted by Gasteiger charge is 2.56. The van der Waals surface area contributed by atoms with Crippen molar-refractivity contribution < 1.29 is 36.1 Å². The molecule has 0 heterocycles. The van der Waals surface area contributed by atoms with Gasteiger partial charge >= 0.3 is 18.1 Å². The molecule has 0 rings (SSSR count). The number of carboxylic acids is 1. The first-order valence-electron chi connectivity index (χ1n) is 4.07. The van der Waals surface area contributed by atoms with Crippen LogP contribution in [0.4, 0.5) is 22.0 Å². The van der Waals surface area contributed by atoms with Crippen LogP contribution in [-0.4, -0.2) is 38.9 Å². The van der Waals surface area contributed by atoms with Crippen molar-refractivity contribution >= 4 is 16.8 Å². The minimum atomic E-state index is -5.66. The van der Waals surface area contributed by atoms with Crippen molar-refractivity contribution in [2.24, 2.45) is 0 Å². The largest absolute Gasteiger partial charge is 0.481 e. The van der Waals surface area contributed by atoms with Crippen LogP contribution in [0.1, 0.15) is 12.8 Å². The van der Waals surface area contributed by atoms with Crippen LogP contribution in [0.2, 0.25) is 0 Å². The third kappa shape index (κ3) is 5.38. The molecule has 96 valence electrons. The van der Waals surface area contributed by atoms with E-state index in [0.29, 0.717) is 0 Å². The molecule has 0 radical (unpaired) electrons. The second-order valence-corrected chi connectivity index (χ2v) is 4.64. The molecule has 0 bridgehead atoms. The zero-order valence-electron chi connectivity index (χ0n) is 7.89. The highest BCUT2D eigenvalue weighted by atomic mass is 32.2. The van der Waals surface area contributed by atoms with E-state index in [1.807, 2.05) is 0 Å². The van der Waals surface area contributed by atoms with Gasteiger partial charge < -0.3 is 5.11 Å². The van der Waals surface area contributed by atoms with Gasteiger partial charge in [0.1, 0.15) is 0 Å². The van der Waals surface area contributed by atoms with Crippen LogP contribution in [0.25, 0.3) is 0 Å². The van der Waals surface area contributed by atoms with Crippen LogP contribution in [0.15, 0.2) is 0 Å². The van der Waals surface area contributed by atoms with Gasteiger partial charge in [0.25, 0.3) is 0 Å². The lowest BCUT2D eigenvalue weighted by atomic mass is 10.2. The van der Waals surface area contributed by atoms with Gasteiger partial charge in [-0.15, -0.1) is 0 Å². The topological polar surface area (TPSA) is 54.4 Å². The van der Waals surface area contributed by atoms with Gasteiger partial charge in [0.15, 0.2) is 0 Å². The summed E-state index contributed by atoms with van der Waals surface area (Å²) in [6.45, 7) is 0. The number of hydrogen-bond acceptors (Lipinski definition) is 2. The summed E-state index contributed by atoms with van der Waals surface area (Å²) in [5, 5.41) is 8.16. The summed E-state index contributed by atoms with van der Waals surface area (Å²) in [6, 6.07) is 0. The fourth-order valence-corrected chi connectivity index (χ4v) is 1.78. The zero-order valence-corrected chi connectivity index (χ0v) is 8.71. The van der Waals surface area contributed by atoms with Gasteiger partial charge in [0, 0.05) is 28.7 Å². The van der Waals surface area contributed by atoms with Crippen LogP contribution >= 0.6 is 0 Å². The van der Waals surface area contributed by atoms with Gasteiger partial charge in [-0.2, -0.15) is 22.0 Å². The molecule has 1 N–H and O–H groups in total. The predicted octanol–water partition coefficient (Wildman–Crippen LogP) is 1.80. The molecule has 0 aliphatic carbocycles. The third-order valence-electron chi connectivity index (χ3n) is 1.60. The maximum absolute atomic E-state index is 12.3. The lowest BCUT2D eigenvalue weighted by molar-refractivity contribution is -0.282. The molecular weight excluding hydrogens is 259 g/mol. The monoisotopic (exact) mass is 268 g/mol. The maximum Gasteiger partial charge on any atom is 0.453 e. The average molecular weight is 268 g/mol. The number of rotatable bonds is 6. The average Bonchev–Trinajstić information content (AvgIpc) is 2.09. The van der Waals surface area contributed by atoms with Crippen LogP contribution in [0.3, 0.4) is 0 Å². The Kier molecular flexibility index (Phi) is 5.30. The van der Waals surface area contributed by atoms with Crippen molar-refractivity contribution in [1.82, 2.24) is 0 Å². The molecule has 3 nitrogen and oxygen atoms in total. The Morgan fingerprint density at radius 2 is 1.62 bits per heavy atom. The van der Waals surface area contributed by atoms with E-state index in [1.165, 1.54) is 0 Å². The number of carbonyl (C=O) groups is 1. The van der Waals surface area contributed by atoms with Crippen molar-refractivity contribution in [2.75, 3.05) is 11.5 Å². The third-order valence-corrected chi connectivity index (χ3v) is 2.92. The minimum Gasteiger partial charge on any atom is -0.481 e. The second-order valence-electron chi connectivity index (χ2n) is 2.94. The summed E-state index contributed by atoms with van der Waals surface area (Å²) >= 11 is 0. The van der Waals surface area contributed by atoms with Gasteiger partial charge in [0.2, 0.25) is 0 Å². The van der Waals surface area contributed by atoms with Crippen molar-refractivity contribution in [2.45, 2.75) is 24.9 Å². The Morgan fingerprint density at radius 3 is 2.00 bits per heavy atom. The Labute approximate surface area is 90.1 Å². The zero-order chi connectivity index (χ0) is 13.0. The Balaban J connectivity index is 4.06. The minimum absolute atomic E-state index is 0.427. The molecule has 0 saturated heterocycles. The van der Waals surface area contributed by atoms with E-state index < -0.39 is 53.2 Å². The van der Waals surface area contributed by atoms with Crippen LogP contribution < -0.4 is 0 Å². The fraction of sp³-hybridized carbons (Fsp3) is 0.857. The maximum atomic E-state index is 12.3. The smallest absolute Gasteiger partial charge is 0.453 e. The van der Waals surface area contributed by atoms with E-state index >= 15 is 0 Å². The van der Waals surface area contributed by atoms with E-state index in [0.717, 1.165) is 0 Å². The Hall–Kier alpha value is -0.730. The van der Waals surface area contributed by atoms with Crippen molar-refractivity contribution in [3.63, 3.8) is 0 Å². The van der Waals surface area contributed by atoms with E-state index in [4.69, 9.17) is 5.11 Å². The Morgan fingerprint density at radius 1 is 1.12 bits per heavy atom. The number of alkyl halides is 5. The molecule has 0 aliphatic heterocycles. The molecule has 1 unspecified atom stereocenters. The molecule has 0 aromatic heterocycles. The molecule has 0 aromatic carbocycles. The lowest BCUT2D eigenvalue weighted by Crippen LogP contribution is -2.37. The molecular formula is C7H9F5O3S. The van der Waals surface area contributed by atoms with Crippen LogP contribution in [0, 0.1) is 0 Å². The number of aliphatic carboxylic acids is 1. The van der Waals surface area contributed by atoms with E-state index in [9.17, 15) is 31.0 Å². The van der Waals surface area contributed by atoms with Gasteiger partial charge in [-0.25, -0.2) is 0 Å². The molecule has 0 spiro atoms. The summed E-state index contributed by atoms with van der Waals surface area (Å²) in [5.41, 5.74) is 0. The second kappa shape index (κ2) is 5.55. The molecule has 9 heteroatoms. The van der Waals surface area contributed by atoms with Gasteiger partial charge in [-0.05, 0) is 0 Å². The first-order chi connectivity index (χ1) is 7.06. The number of halogens is 5. The van der Waals surface area contributed by atoms with Crippen molar-refractivity contribution in [3.05, 3.63) is 0 Å². The quantitative estimate of drug-likeness (QED) is 0.747. The normalized spacial score (nSPS) is 14.8. The molecule has 0 aromatic rings. The van der Waals surface area contributed by atoms with Crippen molar-refractivity contribution in [1.29, 1.82) is 0 Å².